The Labute approximate surface area is 420 Å². The molecule has 0 fully saturated rings. The van der Waals surface area contributed by atoms with Crippen LogP contribution in [0.2, 0.25) is 0 Å². The Morgan fingerprint density at radius 2 is 0.574 bits per heavy atom. The van der Waals surface area contributed by atoms with E-state index >= 15 is 0 Å². The van der Waals surface area contributed by atoms with E-state index < -0.39 is 6.10 Å². The number of hydrogen-bond donors (Lipinski definition) is 0. The SMILES string of the molecule is CCC/C=C\C/C=C\CCCCCCCC(=O)OCC(COC(=O)CCCCCCCCCC/C=C\C/C=C\C/C=C\CCCCCCC)OC(=O)CCCCCCC/C=C\C/C=C\CCCC. The van der Waals surface area contributed by atoms with Crippen molar-refractivity contribution < 1.29 is 28.6 Å². The van der Waals surface area contributed by atoms with Gasteiger partial charge in [0, 0.05) is 19.3 Å². The summed E-state index contributed by atoms with van der Waals surface area (Å²) in [5.41, 5.74) is 0. The number of esters is 3. The van der Waals surface area contributed by atoms with E-state index in [0.29, 0.717) is 19.3 Å². The van der Waals surface area contributed by atoms with Gasteiger partial charge in [0.2, 0.25) is 0 Å². The molecule has 0 aliphatic carbocycles. The highest BCUT2D eigenvalue weighted by atomic mass is 16.6. The minimum absolute atomic E-state index is 0.0911. The Bertz CT molecular complexity index is 1320. The molecule has 0 saturated carbocycles. The van der Waals surface area contributed by atoms with E-state index in [1.54, 1.807) is 0 Å². The number of hydrogen-bond acceptors (Lipinski definition) is 6. The van der Waals surface area contributed by atoms with Crippen LogP contribution >= 0.6 is 0 Å². The highest BCUT2D eigenvalue weighted by Crippen LogP contribution is 2.14. The van der Waals surface area contributed by atoms with Crippen LogP contribution in [0, 0.1) is 0 Å². The van der Waals surface area contributed by atoms with E-state index in [0.717, 1.165) is 135 Å². The molecule has 6 nitrogen and oxygen atoms in total. The first-order valence-electron chi connectivity index (χ1n) is 28.6. The third kappa shape index (κ3) is 53.5. The summed E-state index contributed by atoms with van der Waals surface area (Å²) in [7, 11) is 0. The number of rotatable bonds is 51. The fourth-order valence-electron chi connectivity index (χ4n) is 7.74. The summed E-state index contributed by atoms with van der Waals surface area (Å²) in [6.07, 6.45) is 72.8. The van der Waals surface area contributed by atoms with Gasteiger partial charge in [0.1, 0.15) is 13.2 Å². The highest BCUT2D eigenvalue weighted by Gasteiger charge is 2.19. The third-order valence-corrected chi connectivity index (χ3v) is 12.1. The molecule has 0 aliphatic rings. The van der Waals surface area contributed by atoms with Crippen molar-refractivity contribution in [2.45, 2.75) is 277 Å². The summed E-state index contributed by atoms with van der Waals surface area (Å²) < 4.78 is 16.8. The molecule has 0 aromatic rings. The third-order valence-electron chi connectivity index (χ3n) is 12.1. The van der Waals surface area contributed by atoms with Crippen LogP contribution in [0.15, 0.2) is 85.1 Å². The molecule has 6 heteroatoms. The maximum Gasteiger partial charge on any atom is 0.306 e. The minimum Gasteiger partial charge on any atom is -0.462 e. The fraction of sp³-hybridized carbons (Fsp3) is 0.726. The van der Waals surface area contributed by atoms with Crippen molar-refractivity contribution in [1.29, 1.82) is 0 Å². The van der Waals surface area contributed by atoms with Crippen LogP contribution in [0.1, 0.15) is 271 Å². The molecule has 0 spiro atoms. The van der Waals surface area contributed by atoms with Crippen molar-refractivity contribution in [2.24, 2.45) is 0 Å². The van der Waals surface area contributed by atoms with Crippen LogP contribution in [0.4, 0.5) is 0 Å². The second kappa shape index (κ2) is 56.2. The van der Waals surface area contributed by atoms with Crippen molar-refractivity contribution in [3.63, 3.8) is 0 Å². The number of allylic oxidation sites excluding steroid dienone is 14. The van der Waals surface area contributed by atoms with Gasteiger partial charge in [-0.25, -0.2) is 0 Å². The smallest absolute Gasteiger partial charge is 0.306 e. The molecule has 0 amide bonds. The molecule has 0 aliphatic heterocycles. The second-order valence-corrected chi connectivity index (χ2v) is 18.8. The Morgan fingerprint density at radius 3 is 0.926 bits per heavy atom. The van der Waals surface area contributed by atoms with Gasteiger partial charge in [-0.1, -0.05) is 228 Å². The zero-order valence-electron chi connectivity index (χ0n) is 44.6. The van der Waals surface area contributed by atoms with Crippen LogP contribution in [0.25, 0.3) is 0 Å². The first-order chi connectivity index (χ1) is 33.5. The lowest BCUT2D eigenvalue weighted by atomic mass is 10.1. The van der Waals surface area contributed by atoms with Gasteiger partial charge in [-0.3, -0.25) is 14.4 Å². The zero-order chi connectivity index (χ0) is 49.3. The van der Waals surface area contributed by atoms with Gasteiger partial charge < -0.3 is 14.2 Å². The van der Waals surface area contributed by atoms with E-state index in [9.17, 15) is 14.4 Å². The molecule has 0 saturated heterocycles. The summed E-state index contributed by atoms with van der Waals surface area (Å²) in [6, 6.07) is 0. The summed E-state index contributed by atoms with van der Waals surface area (Å²) in [5.74, 6) is -0.923. The normalized spacial score (nSPS) is 12.7. The van der Waals surface area contributed by atoms with E-state index in [2.05, 4.69) is 106 Å². The Morgan fingerprint density at radius 1 is 0.294 bits per heavy atom. The molecule has 1 unspecified atom stereocenters. The van der Waals surface area contributed by atoms with Crippen molar-refractivity contribution in [3.8, 4) is 0 Å². The van der Waals surface area contributed by atoms with E-state index in [-0.39, 0.29) is 31.1 Å². The summed E-state index contributed by atoms with van der Waals surface area (Å²) in [4.78, 5) is 38.1. The van der Waals surface area contributed by atoms with Crippen LogP contribution in [0.5, 0.6) is 0 Å². The van der Waals surface area contributed by atoms with E-state index in [1.165, 1.54) is 96.3 Å². The van der Waals surface area contributed by atoms with Crippen molar-refractivity contribution >= 4 is 17.9 Å². The predicted octanol–water partition coefficient (Wildman–Crippen LogP) is 19.2. The predicted molar refractivity (Wildman–Crippen MR) is 293 cm³/mol. The average molecular weight is 948 g/mol. The molecule has 0 aromatic heterocycles. The van der Waals surface area contributed by atoms with Crippen molar-refractivity contribution in [3.05, 3.63) is 85.1 Å². The molecule has 68 heavy (non-hydrogen) atoms. The lowest BCUT2D eigenvalue weighted by Gasteiger charge is -2.18. The minimum atomic E-state index is -0.793. The molecule has 0 aromatic carbocycles. The standard InChI is InChI=1S/C62H106O6/c1-4-7-10-13-16-19-22-25-27-28-29-30-31-32-33-34-35-38-40-43-46-49-52-55-61(64)67-58-59(57-66-60(63)54-51-48-45-42-39-36-24-21-18-15-12-9-6-3)68-62(65)56-53-50-47-44-41-37-26-23-20-17-14-11-8-5-2/h12,14-15,17,21-26,28-29,31-32,59H,4-11,13,16,18-20,27,30,33-58H2,1-3H3/b15-12-,17-14-,24-21-,25-22-,26-23-,29-28-,32-31-. The Kier molecular flexibility index (Phi) is 53.4. The van der Waals surface area contributed by atoms with Crippen molar-refractivity contribution in [2.75, 3.05) is 13.2 Å². The molecular formula is C62H106O6. The quantitative estimate of drug-likeness (QED) is 0.0262. The molecule has 0 rings (SSSR count). The first kappa shape index (κ1) is 64.6. The number of carbonyl (C=O) groups excluding carboxylic acids is 3. The maximum atomic E-state index is 12.8. The Hall–Kier alpha value is -3.41. The summed E-state index contributed by atoms with van der Waals surface area (Å²) in [5, 5.41) is 0. The molecule has 1 atom stereocenters. The van der Waals surface area contributed by atoms with Crippen LogP contribution in [0.3, 0.4) is 0 Å². The van der Waals surface area contributed by atoms with Gasteiger partial charge in [0.15, 0.2) is 6.10 Å². The molecule has 0 radical (unpaired) electrons. The van der Waals surface area contributed by atoms with Gasteiger partial charge in [-0.05, 0) is 109 Å². The fourth-order valence-corrected chi connectivity index (χ4v) is 7.74. The van der Waals surface area contributed by atoms with Crippen LogP contribution < -0.4 is 0 Å². The molecule has 0 heterocycles. The Balaban J connectivity index is 4.36. The van der Waals surface area contributed by atoms with Gasteiger partial charge >= 0.3 is 17.9 Å². The molecule has 0 N–H and O–H groups in total. The van der Waals surface area contributed by atoms with Crippen molar-refractivity contribution in [1.82, 2.24) is 0 Å². The number of ether oxygens (including phenoxy) is 3. The van der Waals surface area contributed by atoms with Crippen LogP contribution in [-0.4, -0.2) is 37.2 Å². The largest absolute Gasteiger partial charge is 0.462 e. The van der Waals surface area contributed by atoms with Crippen LogP contribution in [-0.2, 0) is 28.6 Å². The summed E-state index contributed by atoms with van der Waals surface area (Å²) >= 11 is 0. The topological polar surface area (TPSA) is 78.9 Å². The first-order valence-corrected chi connectivity index (χ1v) is 28.6. The molecule has 0 bridgehead atoms. The molecule has 390 valence electrons. The van der Waals surface area contributed by atoms with Gasteiger partial charge in [0.05, 0.1) is 0 Å². The lowest BCUT2D eigenvalue weighted by molar-refractivity contribution is -0.167. The highest BCUT2D eigenvalue weighted by molar-refractivity contribution is 5.71. The maximum absolute atomic E-state index is 12.8. The monoisotopic (exact) mass is 947 g/mol. The zero-order valence-corrected chi connectivity index (χ0v) is 44.6. The van der Waals surface area contributed by atoms with E-state index in [1.807, 2.05) is 0 Å². The lowest BCUT2D eigenvalue weighted by Crippen LogP contribution is -2.30. The summed E-state index contributed by atoms with van der Waals surface area (Å²) in [6.45, 7) is 6.50. The van der Waals surface area contributed by atoms with Gasteiger partial charge in [-0.2, -0.15) is 0 Å². The average Bonchev–Trinajstić information content (AvgIpc) is 3.34. The molecular weight excluding hydrogens is 841 g/mol. The van der Waals surface area contributed by atoms with Gasteiger partial charge in [-0.15, -0.1) is 0 Å². The van der Waals surface area contributed by atoms with E-state index in [4.69, 9.17) is 14.2 Å². The number of carbonyl (C=O) groups is 3. The van der Waals surface area contributed by atoms with Gasteiger partial charge in [0.25, 0.3) is 0 Å². The second-order valence-electron chi connectivity index (χ2n) is 18.8. The number of unbranched alkanes of at least 4 members (excludes halogenated alkanes) is 26.